The maximum atomic E-state index is 10.9. The second-order valence-electron chi connectivity index (χ2n) is 3.38. The van der Waals surface area contributed by atoms with E-state index in [1.807, 2.05) is 0 Å². The van der Waals surface area contributed by atoms with Gasteiger partial charge in [0.2, 0.25) is 0 Å². The maximum absolute atomic E-state index is 10.9. The Kier molecular flexibility index (Phi) is 3.44. The number of hydrogen-bond donors (Lipinski definition) is 1. The number of carboxylic acid groups (broad SMARTS) is 1. The van der Waals surface area contributed by atoms with E-state index in [1.165, 1.54) is 12.1 Å². The fraction of sp³-hybridized carbons (Fsp3) is 0.300. The lowest BCUT2D eigenvalue weighted by atomic mass is 10.1. The maximum Gasteiger partial charge on any atom is 0.346 e. The van der Waals surface area contributed by atoms with Crippen LogP contribution in [0.2, 0.25) is 0 Å². The number of aromatic carboxylic acids is 1. The summed E-state index contributed by atoms with van der Waals surface area (Å²) >= 11 is 0. The van der Waals surface area contributed by atoms with Crippen LogP contribution in [-0.2, 0) is 0 Å². The summed E-state index contributed by atoms with van der Waals surface area (Å²) in [5, 5.41) is 19.6. The predicted molar refractivity (Wildman–Crippen MR) is 55.8 cm³/mol. The number of carboxylic acids is 1. The average Bonchev–Trinajstić information content (AvgIpc) is 2.15. The lowest BCUT2D eigenvalue weighted by Crippen LogP contribution is -2.11. The molecule has 0 saturated heterocycles. The molecule has 86 valence electrons. The molecule has 0 unspecified atom stereocenters. The molecule has 1 N–H and O–H groups in total. The molecule has 0 saturated carbocycles. The number of nitrogens with zero attached hydrogens (tertiary/aromatic N) is 1. The van der Waals surface area contributed by atoms with Crippen molar-refractivity contribution in [1.29, 1.82) is 0 Å². The van der Waals surface area contributed by atoms with Gasteiger partial charge in [0.05, 0.1) is 11.0 Å². The van der Waals surface area contributed by atoms with Crippen LogP contribution in [0.15, 0.2) is 18.2 Å². The third-order valence-corrected chi connectivity index (χ3v) is 1.78. The summed E-state index contributed by atoms with van der Waals surface area (Å²) in [6.07, 6.45) is -0.250. The second kappa shape index (κ2) is 4.61. The largest absolute Gasteiger partial charge is 0.490 e. The van der Waals surface area contributed by atoms with E-state index in [0.29, 0.717) is 0 Å². The summed E-state index contributed by atoms with van der Waals surface area (Å²) < 4.78 is 5.21. The SMILES string of the molecule is CC(C)Oc1cccc([N+](=O)[O-])c1C(=O)O. The molecular weight excluding hydrogens is 214 g/mol. The zero-order chi connectivity index (χ0) is 12.3. The van der Waals surface area contributed by atoms with E-state index in [4.69, 9.17) is 9.84 Å². The minimum Gasteiger partial charge on any atom is -0.490 e. The molecule has 0 radical (unpaired) electrons. The number of nitro groups is 1. The third kappa shape index (κ3) is 2.47. The first kappa shape index (κ1) is 12.0. The van der Waals surface area contributed by atoms with Gasteiger partial charge in [0.15, 0.2) is 5.56 Å². The Balaban J connectivity index is 3.32. The Morgan fingerprint density at radius 3 is 2.56 bits per heavy atom. The van der Waals surface area contributed by atoms with E-state index in [0.717, 1.165) is 6.07 Å². The van der Waals surface area contributed by atoms with Gasteiger partial charge in [-0.2, -0.15) is 0 Å². The monoisotopic (exact) mass is 225 g/mol. The molecule has 0 atom stereocenters. The van der Waals surface area contributed by atoms with Crippen LogP contribution in [0.5, 0.6) is 5.75 Å². The average molecular weight is 225 g/mol. The smallest absolute Gasteiger partial charge is 0.346 e. The molecule has 0 aliphatic heterocycles. The third-order valence-electron chi connectivity index (χ3n) is 1.78. The van der Waals surface area contributed by atoms with Crippen molar-refractivity contribution in [2.45, 2.75) is 20.0 Å². The second-order valence-corrected chi connectivity index (χ2v) is 3.38. The number of hydrogen-bond acceptors (Lipinski definition) is 4. The lowest BCUT2D eigenvalue weighted by molar-refractivity contribution is -0.385. The molecule has 0 aliphatic rings. The van der Waals surface area contributed by atoms with Crippen molar-refractivity contribution in [3.8, 4) is 5.75 Å². The van der Waals surface area contributed by atoms with Crippen LogP contribution in [0, 0.1) is 10.1 Å². The predicted octanol–water partition coefficient (Wildman–Crippen LogP) is 2.08. The molecule has 6 heteroatoms. The van der Waals surface area contributed by atoms with Crippen molar-refractivity contribution in [3.05, 3.63) is 33.9 Å². The standard InChI is InChI=1S/C10H11NO5/c1-6(2)16-8-5-3-4-7(11(14)15)9(8)10(12)13/h3-6H,1-2H3,(H,12,13). The van der Waals surface area contributed by atoms with E-state index in [2.05, 4.69) is 0 Å². The molecule has 0 fully saturated rings. The van der Waals surface area contributed by atoms with Gasteiger partial charge in [-0.15, -0.1) is 0 Å². The number of benzene rings is 1. The van der Waals surface area contributed by atoms with Crippen molar-refractivity contribution < 1.29 is 19.6 Å². The first-order valence-electron chi connectivity index (χ1n) is 4.61. The lowest BCUT2D eigenvalue weighted by Gasteiger charge is -2.11. The van der Waals surface area contributed by atoms with Crippen LogP contribution in [-0.4, -0.2) is 22.1 Å². The molecule has 0 aromatic heterocycles. The minimum absolute atomic E-state index is 0.0108. The molecule has 6 nitrogen and oxygen atoms in total. The van der Waals surface area contributed by atoms with E-state index < -0.39 is 22.1 Å². The normalized spacial score (nSPS) is 10.2. The van der Waals surface area contributed by atoms with Crippen molar-refractivity contribution in [3.63, 3.8) is 0 Å². The number of carbonyl (C=O) groups is 1. The molecule has 0 spiro atoms. The van der Waals surface area contributed by atoms with Gasteiger partial charge in [0.1, 0.15) is 5.75 Å². The molecule has 1 rings (SSSR count). The van der Waals surface area contributed by atoms with Gasteiger partial charge in [0, 0.05) is 6.07 Å². The van der Waals surface area contributed by atoms with Crippen molar-refractivity contribution >= 4 is 11.7 Å². The number of rotatable bonds is 4. The van der Waals surface area contributed by atoms with E-state index in [1.54, 1.807) is 13.8 Å². The number of ether oxygens (including phenoxy) is 1. The van der Waals surface area contributed by atoms with Crippen molar-refractivity contribution in [1.82, 2.24) is 0 Å². The van der Waals surface area contributed by atoms with Crippen molar-refractivity contribution in [2.24, 2.45) is 0 Å². The number of nitro benzene ring substituents is 1. The summed E-state index contributed by atoms with van der Waals surface area (Å²) in [5.74, 6) is -1.36. The van der Waals surface area contributed by atoms with Crippen LogP contribution >= 0.6 is 0 Å². The van der Waals surface area contributed by atoms with Crippen LogP contribution in [0.3, 0.4) is 0 Å². The van der Waals surface area contributed by atoms with Gasteiger partial charge in [-0.05, 0) is 19.9 Å². The van der Waals surface area contributed by atoms with E-state index in [9.17, 15) is 14.9 Å². The zero-order valence-corrected chi connectivity index (χ0v) is 8.84. The van der Waals surface area contributed by atoms with Crippen molar-refractivity contribution in [2.75, 3.05) is 0 Å². The Hall–Kier alpha value is -2.11. The van der Waals surface area contributed by atoms with Gasteiger partial charge in [0.25, 0.3) is 5.69 Å². The molecule has 1 aromatic rings. The topological polar surface area (TPSA) is 89.7 Å². The Morgan fingerprint density at radius 2 is 2.12 bits per heavy atom. The fourth-order valence-corrected chi connectivity index (χ4v) is 1.24. The Labute approximate surface area is 91.6 Å². The molecule has 1 aromatic carbocycles. The highest BCUT2D eigenvalue weighted by molar-refractivity contribution is 5.95. The zero-order valence-electron chi connectivity index (χ0n) is 8.84. The molecule has 16 heavy (non-hydrogen) atoms. The Bertz CT molecular complexity index is 427. The summed E-state index contributed by atoms with van der Waals surface area (Å²) in [4.78, 5) is 20.9. The molecule has 0 amide bonds. The summed E-state index contributed by atoms with van der Waals surface area (Å²) in [6, 6.07) is 3.93. The molecule has 0 bridgehead atoms. The van der Waals surface area contributed by atoms with Gasteiger partial charge in [-0.3, -0.25) is 10.1 Å². The molecule has 0 heterocycles. The quantitative estimate of drug-likeness (QED) is 0.625. The minimum atomic E-state index is -1.37. The van der Waals surface area contributed by atoms with Crippen LogP contribution in [0.1, 0.15) is 24.2 Å². The fourth-order valence-electron chi connectivity index (χ4n) is 1.24. The van der Waals surface area contributed by atoms with Crippen LogP contribution in [0.4, 0.5) is 5.69 Å². The highest BCUT2D eigenvalue weighted by atomic mass is 16.6. The van der Waals surface area contributed by atoms with Gasteiger partial charge >= 0.3 is 5.97 Å². The van der Waals surface area contributed by atoms with Gasteiger partial charge < -0.3 is 9.84 Å². The van der Waals surface area contributed by atoms with Crippen LogP contribution < -0.4 is 4.74 Å². The summed E-state index contributed by atoms with van der Waals surface area (Å²) in [6.45, 7) is 3.43. The van der Waals surface area contributed by atoms with Gasteiger partial charge in [-0.25, -0.2) is 4.79 Å². The first-order valence-corrected chi connectivity index (χ1v) is 4.61. The highest BCUT2D eigenvalue weighted by Crippen LogP contribution is 2.28. The summed E-state index contributed by atoms with van der Waals surface area (Å²) in [7, 11) is 0. The molecule has 0 aliphatic carbocycles. The van der Waals surface area contributed by atoms with Gasteiger partial charge in [-0.1, -0.05) is 6.07 Å². The van der Waals surface area contributed by atoms with E-state index >= 15 is 0 Å². The first-order chi connectivity index (χ1) is 7.43. The van der Waals surface area contributed by atoms with Crippen LogP contribution in [0.25, 0.3) is 0 Å². The van der Waals surface area contributed by atoms with E-state index in [-0.39, 0.29) is 11.9 Å². The summed E-state index contributed by atoms with van der Waals surface area (Å²) in [5.41, 5.74) is -0.883. The Morgan fingerprint density at radius 1 is 1.50 bits per heavy atom. The highest BCUT2D eigenvalue weighted by Gasteiger charge is 2.24. The molecular formula is C10H11NO5.